The third-order valence-corrected chi connectivity index (χ3v) is 3.49. The normalized spacial score (nSPS) is 21.1. The van der Waals surface area contributed by atoms with E-state index in [1.54, 1.807) is 12.1 Å². The molecule has 2 N–H and O–H groups in total. The number of aliphatic hydroxyl groups is 1. The number of carbonyl (C=O) groups is 1. The van der Waals surface area contributed by atoms with Gasteiger partial charge in [0, 0.05) is 17.7 Å². The molecular weight excluding hydrogens is 254 g/mol. The second-order valence-corrected chi connectivity index (χ2v) is 4.93. The summed E-state index contributed by atoms with van der Waals surface area (Å²) in [6.07, 6.45) is 0.897. The Morgan fingerprint density at radius 3 is 3.00 bits per heavy atom. The highest BCUT2D eigenvalue weighted by atomic mass is 16.5. The van der Waals surface area contributed by atoms with Gasteiger partial charge >= 0.3 is 0 Å². The molecular formula is C16H19NO3. The minimum absolute atomic E-state index is 0.0537. The molecule has 1 aromatic carbocycles. The van der Waals surface area contributed by atoms with Gasteiger partial charge in [0.25, 0.3) is 5.91 Å². The standard InChI is InChI=1S/C16H19NO3/c1-11-5-6-14(10-13(11)4-3-8-18)16(19)17-15-7-9-20-12(15)2/h5-6,10,12,15,18H,7-9H2,1-2H3,(H,17,19). The Morgan fingerprint density at radius 1 is 1.55 bits per heavy atom. The largest absolute Gasteiger partial charge is 0.384 e. The van der Waals surface area contributed by atoms with Gasteiger partial charge in [-0.3, -0.25) is 4.79 Å². The van der Waals surface area contributed by atoms with Gasteiger partial charge in [0.15, 0.2) is 0 Å². The van der Waals surface area contributed by atoms with Gasteiger partial charge in [-0.05, 0) is 38.0 Å². The average Bonchev–Trinajstić information content (AvgIpc) is 2.83. The average molecular weight is 273 g/mol. The minimum atomic E-state index is -0.188. The van der Waals surface area contributed by atoms with Crippen LogP contribution in [0.3, 0.4) is 0 Å². The van der Waals surface area contributed by atoms with E-state index in [1.807, 2.05) is 19.9 Å². The Labute approximate surface area is 119 Å². The van der Waals surface area contributed by atoms with Crippen LogP contribution in [0.4, 0.5) is 0 Å². The lowest BCUT2D eigenvalue weighted by atomic mass is 10.0. The fourth-order valence-electron chi connectivity index (χ4n) is 2.21. The number of amides is 1. The van der Waals surface area contributed by atoms with Crippen LogP contribution < -0.4 is 5.32 Å². The fraction of sp³-hybridized carbons (Fsp3) is 0.438. The van der Waals surface area contributed by atoms with Crippen LogP contribution in [0.25, 0.3) is 0 Å². The van der Waals surface area contributed by atoms with Crippen LogP contribution in [0.15, 0.2) is 18.2 Å². The highest BCUT2D eigenvalue weighted by molar-refractivity contribution is 5.95. The maximum absolute atomic E-state index is 12.2. The zero-order chi connectivity index (χ0) is 14.5. The molecule has 20 heavy (non-hydrogen) atoms. The first-order valence-corrected chi connectivity index (χ1v) is 6.74. The van der Waals surface area contributed by atoms with Crippen molar-refractivity contribution in [1.82, 2.24) is 5.32 Å². The summed E-state index contributed by atoms with van der Waals surface area (Å²) in [7, 11) is 0. The summed E-state index contributed by atoms with van der Waals surface area (Å²) in [5, 5.41) is 11.7. The van der Waals surface area contributed by atoms with Crippen LogP contribution in [0.5, 0.6) is 0 Å². The Morgan fingerprint density at radius 2 is 2.35 bits per heavy atom. The lowest BCUT2D eigenvalue weighted by Gasteiger charge is -2.16. The summed E-state index contributed by atoms with van der Waals surface area (Å²) >= 11 is 0. The van der Waals surface area contributed by atoms with Gasteiger partial charge < -0.3 is 15.2 Å². The SMILES string of the molecule is Cc1ccc(C(=O)NC2CCOC2C)cc1C#CCO. The monoisotopic (exact) mass is 273 g/mol. The number of aryl methyl sites for hydroxylation is 1. The van der Waals surface area contributed by atoms with Crippen LogP contribution >= 0.6 is 0 Å². The van der Waals surface area contributed by atoms with Crippen molar-refractivity contribution in [2.24, 2.45) is 0 Å². The Hall–Kier alpha value is -1.83. The number of carbonyl (C=O) groups excluding carboxylic acids is 1. The van der Waals surface area contributed by atoms with Gasteiger partial charge in [-0.2, -0.15) is 0 Å². The van der Waals surface area contributed by atoms with Crippen LogP contribution in [0, 0.1) is 18.8 Å². The first-order valence-electron chi connectivity index (χ1n) is 6.74. The molecule has 2 unspecified atom stereocenters. The molecule has 0 radical (unpaired) electrons. The van der Waals surface area contributed by atoms with Crippen molar-refractivity contribution in [3.63, 3.8) is 0 Å². The van der Waals surface area contributed by atoms with E-state index < -0.39 is 0 Å². The highest BCUT2D eigenvalue weighted by Gasteiger charge is 2.25. The molecule has 0 aromatic heterocycles. The first-order chi connectivity index (χ1) is 9.61. The molecule has 4 heteroatoms. The van der Waals surface area contributed by atoms with Crippen molar-refractivity contribution >= 4 is 5.91 Å². The molecule has 2 atom stereocenters. The molecule has 1 heterocycles. The summed E-state index contributed by atoms with van der Waals surface area (Å²) in [6, 6.07) is 5.48. The maximum atomic E-state index is 12.2. The lowest BCUT2D eigenvalue weighted by Crippen LogP contribution is -2.39. The van der Waals surface area contributed by atoms with E-state index in [9.17, 15) is 4.79 Å². The molecule has 0 bridgehead atoms. The van der Waals surface area contributed by atoms with Crippen LogP contribution in [0.1, 0.15) is 34.8 Å². The molecule has 2 rings (SSSR count). The molecule has 0 aliphatic carbocycles. The van der Waals surface area contributed by atoms with E-state index in [0.29, 0.717) is 12.2 Å². The second-order valence-electron chi connectivity index (χ2n) is 4.93. The molecule has 1 saturated heterocycles. The number of hydrogen-bond acceptors (Lipinski definition) is 3. The fourth-order valence-corrected chi connectivity index (χ4v) is 2.21. The van der Waals surface area contributed by atoms with Crippen LogP contribution in [-0.4, -0.2) is 36.4 Å². The molecule has 1 fully saturated rings. The topological polar surface area (TPSA) is 58.6 Å². The number of hydrogen-bond donors (Lipinski definition) is 2. The van der Waals surface area contributed by atoms with Crippen molar-refractivity contribution in [2.75, 3.05) is 13.2 Å². The zero-order valence-corrected chi connectivity index (χ0v) is 11.8. The molecule has 1 amide bonds. The molecule has 4 nitrogen and oxygen atoms in total. The first kappa shape index (κ1) is 14.6. The lowest BCUT2D eigenvalue weighted by molar-refractivity contribution is 0.0866. The molecule has 0 spiro atoms. The predicted molar refractivity (Wildman–Crippen MR) is 76.4 cm³/mol. The molecule has 1 aliphatic rings. The Bertz CT molecular complexity index is 557. The van der Waals surface area contributed by atoms with Crippen LogP contribution in [0.2, 0.25) is 0 Å². The maximum Gasteiger partial charge on any atom is 0.251 e. The van der Waals surface area contributed by atoms with Gasteiger partial charge in [0.2, 0.25) is 0 Å². The predicted octanol–water partition coefficient (Wildman–Crippen LogP) is 1.25. The van der Waals surface area contributed by atoms with Crippen molar-refractivity contribution in [2.45, 2.75) is 32.4 Å². The quantitative estimate of drug-likeness (QED) is 0.797. The smallest absolute Gasteiger partial charge is 0.251 e. The van der Waals surface area contributed by atoms with Crippen molar-refractivity contribution in [1.29, 1.82) is 0 Å². The number of nitrogens with one attached hydrogen (secondary N) is 1. The van der Waals surface area contributed by atoms with Gasteiger partial charge in [-0.15, -0.1) is 0 Å². The third-order valence-electron chi connectivity index (χ3n) is 3.49. The summed E-state index contributed by atoms with van der Waals surface area (Å²) in [6.45, 7) is 4.39. The van der Waals surface area contributed by atoms with E-state index >= 15 is 0 Å². The summed E-state index contributed by atoms with van der Waals surface area (Å²) < 4.78 is 5.43. The van der Waals surface area contributed by atoms with E-state index in [2.05, 4.69) is 17.2 Å². The number of aliphatic hydroxyl groups excluding tert-OH is 1. The van der Waals surface area contributed by atoms with Crippen LogP contribution in [-0.2, 0) is 4.74 Å². The summed E-state index contributed by atoms with van der Waals surface area (Å²) in [4.78, 5) is 12.2. The van der Waals surface area contributed by atoms with Gasteiger partial charge in [0.05, 0.1) is 12.1 Å². The van der Waals surface area contributed by atoms with Gasteiger partial charge in [-0.25, -0.2) is 0 Å². The molecule has 1 aromatic rings. The number of ether oxygens (including phenoxy) is 1. The molecule has 1 aliphatic heterocycles. The minimum Gasteiger partial charge on any atom is -0.384 e. The molecule has 106 valence electrons. The van der Waals surface area contributed by atoms with Crippen molar-refractivity contribution < 1.29 is 14.6 Å². The van der Waals surface area contributed by atoms with Crippen molar-refractivity contribution in [3.05, 3.63) is 34.9 Å². The zero-order valence-electron chi connectivity index (χ0n) is 11.8. The van der Waals surface area contributed by atoms with E-state index in [4.69, 9.17) is 9.84 Å². The second kappa shape index (κ2) is 6.56. The number of benzene rings is 1. The third kappa shape index (κ3) is 3.38. The highest BCUT2D eigenvalue weighted by Crippen LogP contribution is 2.15. The van der Waals surface area contributed by atoms with E-state index in [-0.39, 0.29) is 24.7 Å². The number of rotatable bonds is 2. The van der Waals surface area contributed by atoms with Gasteiger partial charge in [-0.1, -0.05) is 17.9 Å². The summed E-state index contributed by atoms with van der Waals surface area (Å²) in [5.74, 6) is 5.35. The van der Waals surface area contributed by atoms with E-state index in [0.717, 1.165) is 17.5 Å². The summed E-state index contributed by atoms with van der Waals surface area (Å²) in [5.41, 5.74) is 2.33. The molecule has 0 saturated carbocycles. The Balaban J connectivity index is 2.13. The van der Waals surface area contributed by atoms with Gasteiger partial charge in [0.1, 0.15) is 6.61 Å². The van der Waals surface area contributed by atoms with E-state index in [1.165, 1.54) is 0 Å². The van der Waals surface area contributed by atoms with Crippen molar-refractivity contribution in [3.8, 4) is 11.8 Å². The Kier molecular flexibility index (Phi) is 4.78.